The Morgan fingerprint density at radius 3 is 2.59 bits per heavy atom. The lowest BCUT2D eigenvalue weighted by molar-refractivity contribution is 0.0841. The Bertz CT molecular complexity index is 987. The fourth-order valence-electron chi connectivity index (χ4n) is 3.64. The quantitative estimate of drug-likeness (QED) is 0.686. The number of allylic oxidation sites excluding steroid dienone is 2. The Labute approximate surface area is 170 Å². The van der Waals surface area contributed by atoms with Crippen molar-refractivity contribution in [3.8, 4) is 28.7 Å². The Morgan fingerprint density at radius 2 is 1.86 bits per heavy atom. The molecule has 6 nitrogen and oxygen atoms in total. The van der Waals surface area contributed by atoms with Gasteiger partial charge in [-0.3, -0.25) is 4.79 Å². The molecule has 2 aliphatic rings. The van der Waals surface area contributed by atoms with Gasteiger partial charge < -0.3 is 23.7 Å². The number of methoxy groups -OCH3 is 2. The van der Waals surface area contributed by atoms with Crippen molar-refractivity contribution in [1.29, 1.82) is 0 Å². The number of hydrogen-bond donors (Lipinski definition) is 0. The molecule has 0 radical (unpaired) electrons. The molecule has 0 amide bonds. The van der Waals surface area contributed by atoms with Gasteiger partial charge in [0.1, 0.15) is 28.9 Å². The van der Waals surface area contributed by atoms with Crippen molar-refractivity contribution < 1.29 is 28.5 Å². The monoisotopic (exact) mass is 396 g/mol. The number of ether oxygens (including phenoxy) is 5. The summed E-state index contributed by atoms with van der Waals surface area (Å²) in [5.41, 5.74) is 3.35. The van der Waals surface area contributed by atoms with E-state index < -0.39 is 6.10 Å². The van der Waals surface area contributed by atoms with Gasteiger partial charge in [-0.15, -0.1) is 0 Å². The molecule has 0 N–H and O–H groups in total. The molecular formula is C23H24O6. The highest BCUT2D eigenvalue weighted by Crippen LogP contribution is 2.47. The largest absolute Gasteiger partial charge is 0.496 e. The number of benzene rings is 2. The minimum atomic E-state index is -0.424. The maximum atomic E-state index is 13.1. The highest BCUT2D eigenvalue weighted by Gasteiger charge is 2.34. The van der Waals surface area contributed by atoms with Gasteiger partial charge in [0.15, 0.2) is 17.3 Å². The average molecular weight is 396 g/mol. The summed E-state index contributed by atoms with van der Waals surface area (Å²) >= 11 is 0. The molecule has 29 heavy (non-hydrogen) atoms. The molecule has 0 aliphatic carbocycles. The second-order valence-corrected chi connectivity index (χ2v) is 7.30. The molecule has 4 rings (SSSR count). The zero-order valence-corrected chi connectivity index (χ0v) is 17.0. The summed E-state index contributed by atoms with van der Waals surface area (Å²) in [5, 5.41) is 0. The van der Waals surface area contributed by atoms with E-state index in [1.165, 1.54) is 5.57 Å². The number of carbonyl (C=O) groups excluding carboxylic acids is 1. The van der Waals surface area contributed by atoms with Crippen LogP contribution in [0.1, 0.15) is 47.9 Å². The van der Waals surface area contributed by atoms with Crippen LogP contribution in [0.15, 0.2) is 35.9 Å². The highest BCUT2D eigenvalue weighted by molar-refractivity contribution is 6.03. The van der Waals surface area contributed by atoms with Gasteiger partial charge in [0.25, 0.3) is 0 Å². The van der Waals surface area contributed by atoms with Crippen molar-refractivity contribution in [1.82, 2.24) is 0 Å². The summed E-state index contributed by atoms with van der Waals surface area (Å²) in [4.78, 5) is 13.1. The SMILES string of the molecule is COc1cc(OC)c2c(c1CC=C(C)C)O[C@H](c1ccc3c(c1)OCO3)CC2=O. The molecule has 0 aromatic heterocycles. The van der Waals surface area contributed by atoms with Gasteiger partial charge in [-0.2, -0.15) is 0 Å². The lowest BCUT2D eigenvalue weighted by Crippen LogP contribution is -2.22. The third-order valence-corrected chi connectivity index (χ3v) is 5.14. The van der Waals surface area contributed by atoms with Gasteiger partial charge in [-0.05, 0) is 38.0 Å². The van der Waals surface area contributed by atoms with Crippen molar-refractivity contribution in [2.45, 2.75) is 32.8 Å². The Morgan fingerprint density at radius 1 is 1.10 bits per heavy atom. The maximum Gasteiger partial charge on any atom is 0.231 e. The van der Waals surface area contributed by atoms with Crippen LogP contribution in [0.4, 0.5) is 0 Å². The molecule has 152 valence electrons. The summed E-state index contributed by atoms with van der Waals surface area (Å²) in [7, 11) is 3.15. The van der Waals surface area contributed by atoms with Crippen molar-refractivity contribution in [3.63, 3.8) is 0 Å². The fraction of sp³-hybridized carbons (Fsp3) is 0.348. The molecule has 0 saturated carbocycles. The van der Waals surface area contributed by atoms with Crippen LogP contribution in [0.3, 0.4) is 0 Å². The molecule has 2 heterocycles. The molecule has 0 spiro atoms. The van der Waals surface area contributed by atoms with Gasteiger partial charge in [0.2, 0.25) is 6.79 Å². The second-order valence-electron chi connectivity index (χ2n) is 7.30. The van der Waals surface area contributed by atoms with Crippen molar-refractivity contribution in [3.05, 3.63) is 52.6 Å². The molecule has 1 atom stereocenters. The number of Topliss-reactive ketones (excluding diaryl/α,β-unsaturated/α-hetero) is 1. The molecule has 0 bridgehead atoms. The van der Waals surface area contributed by atoms with E-state index in [9.17, 15) is 4.79 Å². The van der Waals surface area contributed by atoms with E-state index in [0.29, 0.717) is 40.7 Å². The second kappa shape index (κ2) is 7.70. The first kappa shape index (κ1) is 19.2. The van der Waals surface area contributed by atoms with Gasteiger partial charge in [0, 0.05) is 11.6 Å². The molecule has 0 saturated heterocycles. The molecular weight excluding hydrogens is 372 g/mol. The topological polar surface area (TPSA) is 63.2 Å². The predicted molar refractivity (Wildman–Crippen MR) is 108 cm³/mol. The van der Waals surface area contributed by atoms with Gasteiger partial charge in [-0.25, -0.2) is 0 Å². The minimum absolute atomic E-state index is 0.0214. The van der Waals surface area contributed by atoms with Crippen LogP contribution in [0.5, 0.6) is 28.7 Å². The number of rotatable bonds is 5. The lowest BCUT2D eigenvalue weighted by atomic mass is 9.92. The summed E-state index contributed by atoms with van der Waals surface area (Å²) in [5.74, 6) is 2.97. The molecule has 2 aromatic carbocycles. The molecule has 6 heteroatoms. The zero-order chi connectivity index (χ0) is 20.5. The van der Waals surface area contributed by atoms with Gasteiger partial charge in [0.05, 0.1) is 20.6 Å². The fourth-order valence-corrected chi connectivity index (χ4v) is 3.64. The van der Waals surface area contributed by atoms with E-state index in [1.807, 2.05) is 32.0 Å². The Kier molecular flexibility index (Phi) is 5.09. The number of carbonyl (C=O) groups is 1. The summed E-state index contributed by atoms with van der Waals surface area (Å²) in [6.45, 7) is 4.26. The first-order valence-electron chi connectivity index (χ1n) is 9.52. The number of hydrogen-bond acceptors (Lipinski definition) is 6. The third-order valence-electron chi connectivity index (χ3n) is 5.14. The van der Waals surface area contributed by atoms with Crippen molar-refractivity contribution >= 4 is 5.78 Å². The Hall–Kier alpha value is -3.15. The van der Waals surface area contributed by atoms with E-state index >= 15 is 0 Å². The summed E-state index contributed by atoms with van der Waals surface area (Å²) in [6.07, 6.45) is 2.48. The van der Waals surface area contributed by atoms with E-state index in [0.717, 1.165) is 11.1 Å². The zero-order valence-electron chi connectivity index (χ0n) is 17.0. The first-order chi connectivity index (χ1) is 14.0. The van der Waals surface area contributed by atoms with Crippen LogP contribution in [0.25, 0.3) is 0 Å². The van der Waals surface area contributed by atoms with Gasteiger partial charge >= 0.3 is 0 Å². The highest BCUT2D eigenvalue weighted by atomic mass is 16.7. The third kappa shape index (κ3) is 3.50. The van der Waals surface area contributed by atoms with Crippen molar-refractivity contribution in [2.24, 2.45) is 0 Å². The summed E-state index contributed by atoms with van der Waals surface area (Å²) < 4.78 is 28.3. The Balaban J connectivity index is 1.80. The smallest absolute Gasteiger partial charge is 0.231 e. The van der Waals surface area contributed by atoms with E-state index in [1.54, 1.807) is 20.3 Å². The molecule has 2 aliphatic heterocycles. The van der Waals surface area contributed by atoms with E-state index in [-0.39, 0.29) is 19.0 Å². The molecule has 2 aromatic rings. The first-order valence-corrected chi connectivity index (χ1v) is 9.52. The van der Waals surface area contributed by atoms with Crippen LogP contribution in [-0.2, 0) is 6.42 Å². The summed E-state index contributed by atoms with van der Waals surface area (Å²) in [6, 6.07) is 7.38. The van der Waals surface area contributed by atoms with E-state index in [2.05, 4.69) is 6.08 Å². The number of fused-ring (bicyclic) bond motifs is 2. The average Bonchev–Trinajstić information content (AvgIpc) is 3.19. The van der Waals surface area contributed by atoms with Crippen LogP contribution < -0.4 is 23.7 Å². The van der Waals surface area contributed by atoms with Crippen molar-refractivity contribution in [2.75, 3.05) is 21.0 Å². The van der Waals surface area contributed by atoms with E-state index in [4.69, 9.17) is 23.7 Å². The minimum Gasteiger partial charge on any atom is -0.496 e. The predicted octanol–water partition coefficient (Wildman–Crippen LogP) is 4.65. The van der Waals surface area contributed by atoms with Crippen LogP contribution in [-0.4, -0.2) is 26.8 Å². The van der Waals surface area contributed by atoms with Crippen LogP contribution in [0.2, 0.25) is 0 Å². The normalized spacial score (nSPS) is 16.7. The molecule has 0 fully saturated rings. The number of ketones is 1. The van der Waals surface area contributed by atoms with Crippen LogP contribution >= 0.6 is 0 Å². The maximum absolute atomic E-state index is 13.1. The van der Waals surface area contributed by atoms with Gasteiger partial charge in [-0.1, -0.05) is 17.7 Å². The van der Waals surface area contributed by atoms with Crippen LogP contribution in [0, 0.1) is 0 Å². The molecule has 0 unspecified atom stereocenters. The lowest BCUT2D eigenvalue weighted by Gasteiger charge is -2.29. The standard InChI is InChI=1S/C23H24O6/c1-13(2)5-7-15-19(25-3)11-21(26-4)22-16(24)10-18(29-23(15)22)14-6-8-17-20(9-14)28-12-27-17/h5-6,8-9,11,18H,7,10,12H2,1-4H3/t18-/m0/s1.